The molecule has 1 aromatic rings. The van der Waals surface area contributed by atoms with E-state index in [2.05, 4.69) is 0 Å². The van der Waals surface area contributed by atoms with Gasteiger partial charge in [0.2, 0.25) is 0 Å². The number of benzene rings is 1. The lowest BCUT2D eigenvalue weighted by molar-refractivity contribution is -0.150. The molecule has 23 heavy (non-hydrogen) atoms. The second kappa shape index (κ2) is 5.96. The van der Waals surface area contributed by atoms with Crippen molar-refractivity contribution < 1.29 is 23.1 Å². The molecule has 2 rings (SSSR count). The van der Waals surface area contributed by atoms with Crippen molar-refractivity contribution in [1.82, 2.24) is 4.90 Å². The molecule has 0 aliphatic carbocycles. The van der Waals surface area contributed by atoms with Crippen LogP contribution < -0.4 is 0 Å². The Kier molecular flexibility index (Phi) is 4.52. The van der Waals surface area contributed by atoms with E-state index in [0.717, 1.165) is 6.26 Å². The van der Waals surface area contributed by atoms with Crippen molar-refractivity contribution in [2.75, 3.05) is 19.3 Å². The van der Waals surface area contributed by atoms with Gasteiger partial charge in [0.15, 0.2) is 9.84 Å². The fraction of sp³-hybridized carbons (Fsp3) is 0.500. The lowest BCUT2D eigenvalue weighted by atomic mass is 9.76. The third-order valence-electron chi connectivity index (χ3n) is 4.65. The van der Waals surface area contributed by atoms with Gasteiger partial charge in [-0.15, -0.1) is 0 Å². The quantitative estimate of drug-likeness (QED) is 0.901. The molecule has 1 unspecified atom stereocenters. The summed E-state index contributed by atoms with van der Waals surface area (Å²) in [5.41, 5.74) is -0.551. The Bertz CT molecular complexity index is 723. The summed E-state index contributed by atoms with van der Waals surface area (Å²) in [6.07, 6.45) is 1.53. The summed E-state index contributed by atoms with van der Waals surface area (Å²) in [6.45, 7) is 4.26. The molecule has 1 fully saturated rings. The van der Waals surface area contributed by atoms with Crippen LogP contribution in [-0.2, 0) is 14.6 Å². The second-order valence-electron chi connectivity index (χ2n) is 6.39. The number of carboxylic acid groups (broad SMARTS) is 1. The van der Waals surface area contributed by atoms with Crippen molar-refractivity contribution in [2.24, 2.45) is 11.3 Å². The Balaban J connectivity index is 2.21. The molecule has 6 nitrogen and oxygen atoms in total. The first-order valence-corrected chi connectivity index (χ1v) is 9.30. The van der Waals surface area contributed by atoms with Crippen molar-refractivity contribution in [3.05, 3.63) is 29.8 Å². The Morgan fingerprint density at radius 2 is 1.78 bits per heavy atom. The van der Waals surface area contributed by atoms with E-state index in [0.29, 0.717) is 18.5 Å². The maximum atomic E-state index is 12.5. The highest BCUT2D eigenvalue weighted by Crippen LogP contribution is 2.38. The number of carbonyl (C=O) groups is 2. The van der Waals surface area contributed by atoms with E-state index in [1.807, 2.05) is 13.8 Å². The Hall–Kier alpha value is -1.89. The van der Waals surface area contributed by atoms with Gasteiger partial charge in [-0.1, -0.05) is 13.8 Å². The first-order valence-electron chi connectivity index (χ1n) is 7.41. The minimum Gasteiger partial charge on any atom is -0.481 e. The van der Waals surface area contributed by atoms with Crippen LogP contribution in [0.2, 0.25) is 0 Å². The smallest absolute Gasteiger partial charge is 0.311 e. The number of likely N-dealkylation sites (tertiary alicyclic amines) is 1. The number of aliphatic carboxylic acids is 1. The third kappa shape index (κ3) is 3.24. The van der Waals surface area contributed by atoms with Crippen LogP contribution in [0.1, 0.15) is 30.6 Å². The lowest BCUT2D eigenvalue weighted by Gasteiger charge is -2.28. The highest BCUT2D eigenvalue weighted by molar-refractivity contribution is 7.90. The molecule has 0 saturated carbocycles. The van der Waals surface area contributed by atoms with E-state index >= 15 is 0 Å². The van der Waals surface area contributed by atoms with E-state index in [1.54, 1.807) is 0 Å². The van der Waals surface area contributed by atoms with Gasteiger partial charge in [0.1, 0.15) is 0 Å². The monoisotopic (exact) mass is 339 g/mol. The number of carboxylic acids is 1. The van der Waals surface area contributed by atoms with Gasteiger partial charge in [0.05, 0.1) is 10.3 Å². The first kappa shape index (κ1) is 17.5. The van der Waals surface area contributed by atoms with Crippen molar-refractivity contribution >= 4 is 21.7 Å². The summed E-state index contributed by atoms with van der Waals surface area (Å²) in [7, 11) is -3.31. The molecular formula is C16H21NO5S. The van der Waals surface area contributed by atoms with Crippen LogP contribution in [0.25, 0.3) is 0 Å². The van der Waals surface area contributed by atoms with Crippen molar-refractivity contribution in [3.8, 4) is 0 Å². The van der Waals surface area contributed by atoms with Gasteiger partial charge < -0.3 is 10.0 Å². The molecule has 0 radical (unpaired) electrons. The highest BCUT2D eigenvalue weighted by atomic mass is 32.2. The van der Waals surface area contributed by atoms with Crippen molar-refractivity contribution in [1.29, 1.82) is 0 Å². The van der Waals surface area contributed by atoms with Crippen molar-refractivity contribution in [3.63, 3.8) is 0 Å². The summed E-state index contributed by atoms with van der Waals surface area (Å²) in [4.78, 5) is 25.8. The third-order valence-corrected chi connectivity index (χ3v) is 5.78. The molecule has 0 aromatic heterocycles. The van der Waals surface area contributed by atoms with E-state index < -0.39 is 21.2 Å². The Morgan fingerprint density at radius 3 is 2.17 bits per heavy atom. The lowest BCUT2D eigenvalue weighted by Crippen LogP contribution is -2.40. The largest absolute Gasteiger partial charge is 0.481 e. The molecule has 1 heterocycles. The number of amides is 1. The van der Waals surface area contributed by atoms with Gasteiger partial charge in [0, 0.05) is 24.9 Å². The maximum Gasteiger partial charge on any atom is 0.311 e. The van der Waals surface area contributed by atoms with Crippen LogP contribution in [0.4, 0.5) is 0 Å². The van der Waals surface area contributed by atoms with Gasteiger partial charge in [-0.3, -0.25) is 9.59 Å². The van der Waals surface area contributed by atoms with Crippen LogP contribution >= 0.6 is 0 Å². The number of nitrogens with zero attached hydrogens (tertiary/aromatic N) is 1. The Morgan fingerprint density at radius 1 is 1.22 bits per heavy atom. The average molecular weight is 339 g/mol. The molecule has 126 valence electrons. The topological polar surface area (TPSA) is 91.8 Å². The van der Waals surface area contributed by atoms with E-state index in [9.17, 15) is 23.1 Å². The van der Waals surface area contributed by atoms with Crippen LogP contribution in [-0.4, -0.2) is 49.6 Å². The molecule has 1 amide bonds. The minimum atomic E-state index is -3.31. The summed E-state index contributed by atoms with van der Waals surface area (Å²) >= 11 is 0. The summed E-state index contributed by atoms with van der Waals surface area (Å²) < 4.78 is 22.9. The average Bonchev–Trinajstić information content (AvgIpc) is 2.92. The molecule has 7 heteroatoms. The first-order chi connectivity index (χ1) is 10.6. The molecule has 1 aromatic carbocycles. The summed E-state index contributed by atoms with van der Waals surface area (Å²) in [6, 6.07) is 5.72. The van der Waals surface area contributed by atoms with E-state index in [1.165, 1.54) is 29.2 Å². The van der Waals surface area contributed by atoms with E-state index in [-0.39, 0.29) is 23.3 Å². The molecule has 1 N–H and O–H groups in total. The van der Waals surface area contributed by atoms with Crippen LogP contribution in [0.3, 0.4) is 0 Å². The molecule has 0 spiro atoms. The Labute approximate surface area is 136 Å². The van der Waals surface area contributed by atoms with E-state index in [4.69, 9.17) is 0 Å². The number of sulfone groups is 1. The van der Waals surface area contributed by atoms with Gasteiger partial charge in [-0.2, -0.15) is 0 Å². The molecule has 1 atom stereocenters. The van der Waals surface area contributed by atoms with Gasteiger partial charge >= 0.3 is 5.97 Å². The molecule has 1 saturated heterocycles. The number of hydrogen-bond acceptors (Lipinski definition) is 4. The second-order valence-corrected chi connectivity index (χ2v) is 8.40. The maximum absolute atomic E-state index is 12.5. The molecular weight excluding hydrogens is 318 g/mol. The van der Waals surface area contributed by atoms with Crippen LogP contribution in [0.5, 0.6) is 0 Å². The summed E-state index contributed by atoms with van der Waals surface area (Å²) in [5, 5.41) is 9.53. The standard InChI is InChI=1S/C16H21NO5S/c1-11(2)16(15(19)20)8-9-17(10-16)14(18)12-4-6-13(7-5-12)23(3,21)22/h4-7,11H,8-10H2,1-3H3,(H,19,20). The van der Waals surface area contributed by atoms with Gasteiger partial charge in [-0.25, -0.2) is 8.42 Å². The van der Waals surface area contributed by atoms with Gasteiger partial charge in [-0.05, 0) is 36.6 Å². The van der Waals surface area contributed by atoms with Crippen LogP contribution in [0.15, 0.2) is 29.2 Å². The van der Waals surface area contributed by atoms with Gasteiger partial charge in [0.25, 0.3) is 5.91 Å². The number of rotatable bonds is 4. The SMILES string of the molecule is CC(C)C1(C(=O)O)CCN(C(=O)c2ccc(S(C)(=O)=O)cc2)C1. The predicted octanol–water partition coefficient (Wildman–Crippen LogP) is 1.66. The van der Waals surface area contributed by atoms with Crippen LogP contribution in [0, 0.1) is 11.3 Å². The predicted molar refractivity (Wildman–Crippen MR) is 85.0 cm³/mol. The molecule has 0 bridgehead atoms. The number of carbonyl (C=O) groups excluding carboxylic acids is 1. The zero-order chi connectivity index (χ0) is 17.4. The molecule has 1 aliphatic heterocycles. The fourth-order valence-corrected chi connectivity index (χ4v) is 3.56. The normalized spacial score (nSPS) is 21.7. The molecule has 1 aliphatic rings. The zero-order valence-electron chi connectivity index (χ0n) is 13.4. The van der Waals surface area contributed by atoms with Crippen molar-refractivity contribution in [2.45, 2.75) is 25.2 Å². The zero-order valence-corrected chi connectivity index (χ0v) is 14.3. The minimum absolute atomic E-state index is 0.0783. The fourth-order valence-electron chi connectivity index (χ4n) is 2.93. The highest BCUT2D eigenvalue weighted by Gasteiger charge is 2.48. The summed E-state index contributed by atoms with van der Waals surface area (Å²) in [5.74, 6) is -1.23. The number of hydrogen-bond donors (Lipinski definition) is 1.